The lowest BCUT2D eigenvalue weighted by Crippen LogP contribution is -2.44. The number of rotatable bonds is 7. The highest BCUT2D eigenvalue weighted by Crippen LogP contribution is 2.39. The minimum Gasteiger partial charge on any atom is -0.480 e. The maximum atomic E-state index is 10.8. The van der Waals surface area contributed by atoms with E-state index < -0.39 is 5.97 Å². The summed E-state index contributed by atoms with van der Waals surface area (Å²) in [6.07, 6.45) is 4.77. The van der Waals surface area contributed by atoms with Crippen LogP contribution in [0, 0.1) is 5.92 Å². The number of hydrogen-bond donors (Lipinski definition) is 1. The number of carboxylic acid groups (broad SMARTS) is 1. The number of nitrogens with zero attached hydrogens (tertiary/aromatic N) is 1. The van der Waals surface area contributed by atoms with Gasteiger partial charge in [-0.25, -0.2) is 0 Å². The fraction of sp³-hybridized carbons (Fsp3) is 0.909. The van der Waals surface area contributed by atoms with Crippen molar-refractivity contribution in [3.63, 3.8) is 0 Å². The van der Waals surface area contributed by atoms with Crippen LogP contribution in [0.15, 0.2) is 0 Å². The Morgan fingerprint density at radius 1 is 1.47 bits per heavy atom. The predicted octanol–water partition coefficient (Wildman–Crippen LogP) is 0.960. The fourth-order valence-electron chi connectivity index (χ4n) is 2.23. The molecule has 0 saturated heterocycles. The van der Waals surface area contributed by atoms with E-state index in [1.54, 1.807) is 7.11 Å². The van der Waals surface area contributed by atoms with Crippen LogP contribution in [0.5, 0.6) is 0 Å². The molecular weight excluding hydrogens is 194 g/mol. The van der Waals surface area contributed by atoms with E-state index >= 15 is 0 Å². The molecule has 2 saturated carbocycles. The van der Waals surface area contributed by atoms with Gasteiger partial charge in [-0.2, -0.15) is 0 Å². The molecule has 0 aliphatic heterocycles. The van der Waals surface area contributed by atoms with Gasteiger partial charge in [-0.1, -0.05) is 0 Å². The molecule has 0 amide bonds. The second-order valence-electron chi connectivity index (χ2n) is 4.66. The lowest BCUT2D eigenvalue weighted by molar-refractivity contribution is -0.139. The van der Waals surface area contributed by atoms with E-state index in [1.807, 2.05) is 0 Å². The number of hydrogen-bond acceptors (Lipinski definition) is 3. The highest BCUT2D eigenvalue weighted by Gasteiger charge is 2.42. The number of carboxylic acids is 1. The van der Waals surface area contributed by atoms with Gasteiger partial charge in [0.15, 0.2) is 0 Å². The van der Waals surface area contributed by atoms with Crippen molar-refractivity contribution in [3.05, 3.63) is 0 Å². The van der Waals surface area contributed by atoms with Crippen molar-refractivity contribution in [1.82, 2.24) is 4.90 Å². The molecule has 4 heteroatoms. The first kappa shape index (κ1) is 10.9. The third kappa shape index (κ3) is 2.92. The third-order valence-corrected chi connectivity index (χ3v) is 3.26. The molecule has 2 fully saturated rings. The molecule has 15 heavy (non-hydrogen) atoms. The summed E-state index contributed by atoms with van der Waals surface area (Å²) in [7, 11) is 1.70. The predicted molar refractivity (Wildman–Crippen MR) is 55.8 cm³/mol. The van der Waals surface area contributed by atoms with Gasteiger partial charge in [0, 0.05) is 19.2 Å². The summed E-state index contributed by atoms with van der Waals surface area (Å²) in [5.41, 5.74) is 0. The average molecular weight is 213 g/mol. The molecule has 0 bridgehead atoms. The van der Waals surface area contributed by atoms with Gasteiger partial charge in [0.25, 0.3) is 0 Å². The molecule has 0 radical (unpaired) electrons. The molecule has 0 heterocycles. The Bertz CT molecular complexity index is 236. The minimum atomic E-state index is -0.719. The molecule has 2 aliphatic carbocycles. The Morgan fingerprint density at radius 2 is 2.13 bits per heavy atom. The largest absolute Gasteiger partial charge is 0.480 e. The zero-order valence-corrected chi connectivity index (χ0v) is 9.19. The van der Waals surface area contributed by atoms with Gasteiger partial charge in [0.1, 0.15) is 0 Å². The Hall–Kier alpha value is -0.610. The van der Waals surface area contributed by atoms with Crippen molar-refractivity contribution in [2.24, 2.45) is 5.92 Å². The maximum absolute atomic E-state index is 10.8. The minimum absolute atomic E-state index is 0.176. The zero-order chi connectivity index (χ0) is 10.8. The van der Waals surface area contributed by atoms with Gasteiger partial charge in [-0.05, 0) is 31.6 Å². The van der Waals surface area contributed by atoms with Crippen LogP contribution in [0.2, 0.25) is 0 Å². The molecule has 1 atom stereocenters. The van der Waals surface area contributed by atoms with E-state index in [0.29, 0.717) is 24.6 Å². The molecule has 86 valence electrons. The zero-order valence-electron chi connectivity index (χ0n) is 9.19. The Kier molecular flexibility index (Phi) is 3.26. The molecule has 0 aromatic carbocycles. The second-order valence-corrected chi connectivity index (χ2v) is 4.66. The van der Waals surface area contributed by atoms with Gasteiger partial charge in [-0.15, -0.1) is 0 Å². The average Bonchev–Trinajstić information content (AvgIpc) is 3.03. The van der Waals surface area contributed by atoms with Crippen LogP contribution in [0.3, 0.4) is 0 Å². The van der Waals surface area contributed by atoms with Gasteiger partial charge in [-0.3, -0.25) is 9.69 Å². The monoisotopic (exact) mass is 213 g/mol. The Morgan fingerprint density at radius 3 is 2.53 bits per heavy atom. The third-order valence-electron chi connectivity index (χ3n) is 3.26. The van der Waals surface area contributed by atoms with E-state index in [4.69, 9.17) is 9.84 Å². The number of ether oxygens (including phenoxy) is 1. The van der Waals surface area contributed by atoms with Crippen LogP contribution >= 0.6 is 0 Å². The summed E-state index contributed by atoms with van der Waals surface area (Å²) < 4.78 is 5.21. The van der Waals surface area contributed by atoms with Gasteiger partial charge in [0.05, 0.1) is 13.2 Å². The normalized spacial score (nSPS) is 23.1. The maximum Gasteiger partial charge on any atom is 0.317 e. The molecular formula is C11H19NO3. The topological polar surface area (TPSA) is 49.8 Å². The summed E-state index contributed by atoms with van der Waals surface area (Å²) in [5, 5.41) is 8.90. The lowest BCUT2D eigenvalue weighted by Gasteiger charge is -2.30. The number of aliphatic carboxylic acids is 1. The second kappa shape index (κ2) is 4.49. The Balaban J connectivity index is 1.95. The van der Waals surface area contributed by atoms with Gasteiger partial charge in [0.2, 0.25) is 0 Å². The molecule has 0 aromatic heterocycles. The first-order valence-electron chi connectivity index (χ1n) is 5.69. The summed E-state index contributed by atoms with van der Waals surface area (Å²) >= 11 is 0. The van der Waals surface area contributed by atoms with Gasteiger partial charge >= 0.3 is 5.97 Å². The van der Waals surface area contributed by atoms with Crippen molar-refractivity contribution in [2.75, 3.05) is 20.3 Å². The first-order valence-corrected chi connectivity index (χ1v) is 5.69. The van der Waals surface area contributed by atoms with E-state index in [0.717, 1.165) is 12.8 Å². The van der Waals surface area contributed by atoms with Crippen molar-refractivity contribution in [1.29, 1.82) is 0 Å². The molecule has 1 N–H and O–H groups in total. The van der Waals surface area contributed by atoms with Crippen molar-refractivity contribution in [3.8, 4) is 0 Å². The summed E-state index contributed by atoms with van der Waals surface area (Å²) in [6.45, 7) is 0.851. The van der Waals surface area contributed by atoms with E-state index in [2.05, 4.69) is 4.90 Å². The quantitative estimate of drug-likeness (QED) is 0.684. The van der Waals surface area contributed by atoms with Crippen molar-refractivity contribution >= 4 is 5.97 Å². The summed E-state index contributed by atoms with van der Waals surface area (Å²) in [5.74, 6) is -0.0476. The Labute approximate surface area is 90.2 Å². The highest BCUT2D eigenvalue weighted by atomic mass is 16.5. The van der Waals surface area contributed by atoms with Gasteiger partial charge < -0.3 is 9.84 Å². The van der Waals surface area contributed by atoms with Crippen LogP contribution < -0.4 is 0 Å². The van der Waals surface area contributed by atoms with Crippen LogP contribution in [0.4, 0.5) is 0 Å². The molecule has 0 aromatic rings. The van der Waals surface area contributed by atoms with E-state index in [1.165, 1.54) is 12.8 Å². The van der Waals surface area contributed by atoms with Crippen molar-refractivity contribution < 1.29 is 14.6 Å². The van der Waals surface area contributed by atoms with Crippen LogP contribution in [-0.2, 0) is 9.53 Å². The lowest BCUT2D eigenvalue weighted by atomic mass is 10.1. The standard InChI is InChI=1S/C11H19NO3/c1-15-7-10(8-2-3-8)12(6-11(13)14)9-4-5-9/h8-10H,2-7H2,1H3,(H,13,14). The summed E-state index contributed by atoms with van der Waals surface area (Å²) in [6, 6.07) is 0.834. The SMILES string of the molecule is COCC(C1CC1)N(CC(=O)O)C1CC1. The molecule has 1 unspecified atom stereocenters. The number of carbonyl (C=O) groups is 1. The molecule has 2 aliphatic rings. The smallest absolute Gasteiger partial charge is 0.317 e. The summed E-state index contributed by atoms with van der Waals surface area (Å²) in [4.78, 5) is 13.0. The van der Waals surface area contributed by atoms with Crippen LogP contribution in [-0.4, -0.2) is 48.3 Å². The van der Waals surface area contributed by atoms with Crippen molar-refractivity contribution in [2.45, 2.75) is 37.8 Å². The number of methoxy groups -OCH3 is 1. The molecule has 0 spiro atoms. The first-order chi connectivity index (χ1) is 7.22. The van der Waals surface area contributed by atoms with Crippen LogP contribution in [0.1, 0.15) is 25.7 Å². The highest BCUT2D eigenvalue weighted by molar-refractivity contribution is 5.69. The molecule has 4 nitrogen and oxygen atoms in total. The van der Waals surface area contributed by atoms with E-state index in [-0.39, 0.29) is 6.54 Å². The molecule has 2 rings (SSSR count). The van der Waals surface area contributed by atoms with Crippen LogP contribution in [0.25, 0.3) is 0 Å². The van der Waals surface area contributed by atoms with E-state index in [9.17, 15) is 4.79 Å². The fourth-order valence-corrected chi connectivity index (χ4v) is 2.23.